The van der Waals surface area contributed by atoms with Gasteiger partial charge in [0.2, 0.25) is 0 Å². The second kappa shape index (κ2) is 4.58. The molecule has 0 saturated heterocycles. The maximum absolute atomic E-state index is 8.94. The van der Waals surface area contributed by atoms with E-state index < -0.39 is 0 Å². The minimum Gasteiger partial charge on any atom is -0.390 e. The van der Waals surface area contributed by atoms with Gasteiger partial charge in [-0.2, -0.15) is 0 Å². The molecule has 3 aromatic rings. The molecule has 0 aliphatic carbocycles. The van der Waals surface area contributed by atoms with Crippen LogP contribution in [0.3, 0.4) is 0 Å². The van der Waals surface area contributed by atoms with Crippen LogP contribution in [-0.4, -0.2) is 20.1 Å². The van der Waals surface area contributed by atoms with Gasteiger partial charge in [-0.25, -0.2) is 4.68 Å². The highest BCUT2D eigenvalue weighted by atomic mass is 16.3. The summed E-state index contributed by atoms with van der Waals surface area (Å²) < 4.78 is 1.73. The molecule has 0 aliphatic heterocycles. The van der Waals surface area contributed by atoms with Gasteiger partial charge in [0.1, 0.15) is 5.69 Å². The van der Waals surface area contributed by atoms with E-state index in [2.05, 4.69) is 40.6 Å². The summed E-state index contributed by atoms with van der Waals surface area (Å²) in [6.45, 7) is 0.593. The van der Waals surface area contributed by atoms with Gasteiger partial charge in [-0.1, -0.05) is 41.6 Å². The minimum absolute atomic E-state index is 0.0717. The fourth-order valence-corrected chi connectivity index (χ4v) is 2.01. The summed E-state index contributed by atoms with van der Waals surface area (Å²) >= 11 is 0. The zero-order chi connectivity index (χ0) is 12.4. The Kier molecular flexibility index (Phi) is 2.78. The van der Waals surface area contributed by atoms with Gasteiger partial charge in [-0.15, -0.1) is 5.10 Å². The van der Waals surface area contributed by atoms with Crippen LogP contribution in [0, 0.1) is 0 Å². The van der Waals surface area contributed by atoms with Gasteiger partial charge < -0.3 is 5.11 Å². The van der Waals surface area contributed by atoms with Crippen molar-refractivity contribution in [3.05, 3.63) is 59.9 Å². The molecule has 0 aliphatic rings. The molecule has 2 aromatic carbocycles. The van der Waals surface area contributed by atoms with Crippen LogP contribution in [0.25, 0.3) is 10.8 Å². The highest BCUT2D eigenvalue weighted by Crippen LogP contribution is 2.16. The summed E-state index contributed by atoms with van der Waals surface area (Å²) in [6, 6.07) is 14.6. The van der Waals surface area contributed by atoms with Crippen molar-refractivity contribution >= 4 is 10.8 Å². The Morgan fingerprint density at radius 3 is 2.67 bits per heavy atom. The predicted molar refractivity (Wildman–Crippen MR) is 69.0 cm³/mol. The first-order chi connectivity index (χ1) is 8.85. The molecule has 4 nitrogen and oxygen atoms in total. The summed E-state index contributed by atoms with van der Waals surface area (Å²) in [5.41, 5.74) is 1.76. The van der Waals surface area contributed by atoms with E-state index >= 15 is 0 Å². The first kappa shape index (κ1) is 10.9. The predicted octanol–water partition coefficient (Wildman–Crippen LogP) is 1.97. The number of aromatic nitrogens is 3. The fraction of sp³-hybridized carbons (Fsp3) is 0.143. The van der Waals surface area contributed by atoms with Gasteiger partial charge in [-0.05, 0) is 22.4 Å². The molecule has 4 heteroatoms. The first-order valence-corrected chi connectivity index (χ1v) is 5.83. The average molecular weight is 239 g/mol. The van der Waals surface area contributed by atoms with Crippen molar-refractivity contribution in [3.63, 3.8) is 0 Å². The van der Waals surface area contributed by atoms with Crippen LogP contribution < -0.4 is 0 Å². The van der Waals surface area contributed by atoms with E-state index in [1.807, 2.05) is 12.1 Å². The number of aliphatic hydroxyl groups excluding tert-OH is 1. The second-order valence-corrected chi connectivity index (χ2v) is 4.25. The third-order valence-corrected chi connectivity index (χ3v) is 2.91. The van der Waals surface area contributed by atoms with Crippen LogP contribution in [0.2, 0.25) is 0 Å². The average Bonchev–Trinajstić information content (AvgIpc) is 2.86. The molecular formula is C14H13N3O. The molecule has 1 aromatic heterocycles. The molecule has 0 bridgehead atoms. The summed E-state index contributed by atoms with van der Waals surface area (Å²) in [6.07, 6.45) is 1.76. The lowest BCUT2D eigenvalue weighted by Gasteiger charge is -2.03. The van der Waals surface area contributed by atoms with Gasteiger partial charge in [-0.3, -0.25) is 0 Å². The number of rotatable bonds is 3. The van der Waals surface area contributed by atoms with E-state index in [9.17, 15) is 0 Å². The molecule has 0 amide bonds. The van der Waals surface area contributed by atoms with Crippen molar-refractivity contribution in [2.45, 2.75) is 13.2 Å². The standard InChI is InChI=1S/C14H13N3O/c18-10-14-9-17(16-15-14)8-11-5-6-12-3-1-2-4-13(12)7-11/h1-7,9,18H,8,10H2. The fourth-order valence-electron chi connectivity index (χ4n) is 2.01. The summed E-state index contributed by atoms with van der Waals surface area (Å²) in [4.78, 5) is 0. The molecule has 0 saturated carbocycles. The largest absolute Gasteiger partial charge is 0.390 e. The van der Waals surface area contributed by atoms with E-state index in [0.29, 0.717) is 12.2 Å². The molecule has 0 unspecified atom stereocenters. The molecule has 1 heterocycles. The molecule has 0 radical (unpaired) electrons. The molecule has 90 valence electrons. The Morgan fingerprint density at radius 1 is 1.06 bits per heavy atom. The van der Waals surface area contributed by atoms with E-state index in [1.165, 1.54) is 16.3 Å². The van der Waals surface area contributed by atoms with Crippen LogP contribution in [-0.2, 0) is 13.2 Å². The zero-order valence-electron chi connectivity index (χ0n) is 9.82. The third kappa shape index (κ3) is 2.10. The van der Waals surface area contributed by atoms with Crippen LogP contribution >= 0.6 is 0 Å². The molecule has 18 heavy (non-hydrogen) atoms. The normalized spacial score (nSPS) is 10.9. The van der Waals surface area contributed by atoms with Crippen LogP contribution in [0.5, 0.6) is 0 Å². The molecular weight excluding hydrogens is 226 g/mol. The van der Waals surface area contributed by atoms with Crippen LogP contribution in [0.15, 0.2) is 48.7 Å². The van der Waals surface area contributed by atoms with Gasteiger partial charge in [0, 0.05) is 0 Å². The Balaban J connectivity index is 1.90. The number of fused-ring (bicyclic) bond motifs is 1. The maximum Gasteiger partial charge on any atom is 0.108 e. The molecule has 0 atom stereocenters. The molecule has 1 N–H and O–H groups in total. The number of nitrogens with zero attached hydrogens (tertiary/aromatic N) is 3. The van der Waals surface area contributed by atoms with Crippen LogP contribution in [0.1, 0.15) is 11.3 Å². The van der Waals surface area contributed by atoms with E-state index in [0.717, 1.165) is 0 Å². The topological polar surface area (TPSA) is 50.9 Å². The second-order valence-electron chi connectivity index (χ2n) is 4.25. The lowest BCUT2D eigenvalue weighted by atomic mass is 10.1. The van der Waals surface area contributed by atoms with Crippen LogP contribution in [0.4, 0.5) is 0 Å². The van der Waals surface area contributed by atoms with Crippen molar-refractivity contribution in [3.8, 4) is 0 Å². The van der Waals surface area contributed by atoms with Crippen molar-refractivity contribution in [1.29, 1.82) is 0 Å². The highest BCUT2D eigenvalue weighted by molar-refractivity contribution is 5.82. The SMILES string of the molecule is OCc1cn(Cc2ccc3ccccc3c2)nn1. The number of benzene rings is 2. The van der Waals surface area contributed by atoms with E-state index in [4.69, 9.17) is 5.11 Å². The lowest BCUT2D eigenvalue weighted by molar-refractivity contribution is 0.276. The van der Waals surface area contributed by atoms with E-state index in [1.54, 1.807) is 10.9 Å². The molecule has 0 fully saturated rings. The summed E-state index contributed by atoms with van der Waals surface area (Å²) in [7, 11) is 0. The van der Waals surface area contributed by atoms with Gasteiger partial charge in [0.05, 0.1) is 19.3 Å². The van der Waals surface area contributed by atoms with Crippen molar-refractivity contribution < 1.29 is 5.11 Å². The summed E-state index contributed by atoms with van der Waals surface area (Å²) in [5.74, 6) is 0. The van der Waals surface area contributed by atoms with Crippen molar-refractivity contribution in [2.24, 2.45) is 0 Å². The highest BCUT2D eigenvalue weighted by Gasteiger charge is 2.01. The monoisotopic (exact) mass is 239 g/mol. The lowest BCUT2D eigenvalue weighted by Crippen LogP contribution is -2.00. The number of hydrogen-bond acceptors (Lipinski definition) is 3. The maximum atomic E-state index is 8.94. The molecule has 0 spiro atoms. The molecule has 3 rings (SSSR count). The minimum atomic E-state index is -0.0717. The smallest absolute Gasteiger partial charge is 0.108 e. The van der Waals surface area contributed by atoms with Crippen molar-refractivity contribution in [2.75, 3.05) is 0 Å². The number of hydrogen-bond donors (Lipinski definition) is 1. The number of aliphatic hydroxyl groups is 1. The zero-order valence-corrected chi connectivity index (χ0v) is 9.82. The van der Waals surface area contributed by atoms with E-state index in [-0.39, 0.29) is 6.61 Å². The Hall–Kier alpha value is -2.20. The Bertz CT molecular complexity index is 675. The van der Waals surface area contributed by atoms with Gasteiger partial charge >= 0.3 is 0 Å². The van der Waals surface area contributed by atoms with Crippen molar-refractivity contribution in [1.82, 2.24) is 15.0 Å². The third-order valence-electron chi connectivity index (χ3n) is 2.91. The Labute approximate surface area is 104 Å². The van der Waals surface area contributed by atoms with Gasteiger partial charge in [0.25, 0.3) is 0 Å². The summed E-state index contributed by atoms with van der Waals surface area (Å²) in [5, 5.41) is 19.2. The first-order valence-electron chi connectivity index (χ1n) is 5.83. The Morgan fingerprint density at radius 2 is 1.89 bits per heavy atom. The quantitative estimate of drug-likeness (QED) is 0.760. The van der Waals surface area contributed by atoms with Gasteiger partial charge in [0.15, 0.2) is 0 Å².